The number of nitrogens with two attached hydrogens (primary N) is 1. The standard InChI is InChI=1S/C13H16N4/c14-13-16-11-6-2-1-5-10(11)12(17-13)8-9-4-3-7-15-9/h1-2,5-6,9,15H,3-4,7-8H2,(H2,14,16,17). The monoisotopic (exact) mass is 228 g/mol. The van der Waals surface area contributed by atoms with E-state index in [0.29, 0.717) is 12.0 Å². The molecular weight excluding hydrogens is 212 g/mol. The van der Waals surface area contributed by atoms with Crippen LogP contribution in [0.15, 0.2) is 24.3 Å². The maximum absolute atomic E-state index is 5.76. The zero-order valence-electron chi connectivity index (χ0n) is 9.69. The molecule has 0 aliphatic carbocycles. The van der Waals surface area contributed by atoms with E-state index in [9.17, 15) is 0 Å². The maximum Gasteiger partial charge on any atom is 0.220 e. The van der Waals surface area contributed by atoms with Gasteiger partial charge < -0.3 is 11.1 Å². The third kappa shape index (κ3) is 2.08. The van der Waals surface area contributed by atoms with Crippen LogP contribution in [0.5, 0.6) is 0 Å². The highest BCUT2D eigenvalue weighted by atomic mass is 15.0. The van der Waals surface area contributed by atoms with E-state index in [2.05, 4.69) is 21.4 Å². The molecule has 1 aromatic heterocycles. The van der Waals surface area contributed by atoms with Crippen molar-refractivity contribution >= 4 is 16.9 Å². The van der Waals surface area contributed by atoms with E-state index in [-0.39, 0.29) is 0 Å². The van der Waals surface area contributed by atoms with Crippen molar-refractivity contribution in [1.82, 2.24) is 15.3 Å². The van der Waals surface area contributed by atoms with Gasteiger partial charge in [-0.15, -0.1) is 0 Å². The number of para-hydroxylation sites is 1. The number of aromatic nitrogens is 2. The minimum absolute atomic E-state index is 0.372. The minimum Gasteiger partial charge on any atom is -0.368 e. The van der Waals surface area contributed by atoms with E-state index >= 15 is 0 Å². The fraction of sp³-hybridized carbons (Fsp3) is 0.385. The van der Waals surface area contributed by atoms with Crippen LogP contribution in [-0.2, 0) is 6.42 Å². The van der Waals surface area contributed by atoms with Crippen molar-refractivity contribution in [3.63, 3.8) is 0 Å². The number of anilines is 1. The Morgan fingerprint density at radius 1 is 1.29 bits per heavy atom. The Labute approximate surface area is 100 Å². The third-order valence-electron chi connectivity index (χ3n) is 3.30. The lowest BCUT2D eigenvalue weighted by Crippen LogP contribution is -2.24. The number of nitrogen functional groups attached to an aromatic ring is 1. The Morgan fingerprint density at radius 3 is 3.00 bits per heavy atom. The lowest BCUT2D eigenvalue weighted by molar-refractivity contribution is 0.597. The van der Waals surface area contributed by atoms with Crippen LogP contribution in [0.3, 0.4) is 0 Å². The number of rotatable bonds is 2. The SMILES string of the molecule is Nc1nc(CC2CCCN2)c2ccccc2n1. The molecule has 1 fully saturated rings. The summed E-state index contributed by atoms with van der Waals surface area (Å²) in [5, 5.41) is 4.61. The first-order chi connectivity index (χ1) is 8.33. The van der Waals surface area contributed by atoms with Crippen LogP contribution in [0.1, 0.15) is 18.5 Å². The summed E-state index contributed by atoms with van der Waals surface area (Å²) in [6.45, 7) is 1.11. The lowest BCUT2D eigenvalue weighted by Gasteiger charge is -2.11. The summed E-state index contributed by atoms with van der Waals surface area (Å²) in [5.41, 5.74) is 7.76. The Balaban J connectivity index is 2.01. The molecule has 3 N–H and O–H groups in total. The van der Waals surface area contributed by atoms with Gasteiger partial charge >= 0.3 is 0 Å². The molecule has 0 spiro atoms. The molecule has 2 aromatic rings. The second-order valence-corrected chi connectivity index (χ2v) is 4.54. The molecule has 0 radical (unpaired) electrons. The molecule has 1 aliphatic heterocycles. The van der Waals surface area contributed by atoms with Crippen LogP contribution in [0.25, 0.3) is 10.9 Å². The van der Waals surface area contributed by atoms with E-state index in [1.165, 1.54) is 12.8 Å². The molecule has 0 amide bonds. The average molecular weight is 228 g/mol. The number of nitrogens with one attached hydrogen (secondary N) is 1. The van der Waals surface area contributed by atoms with Gasteiger partial charge in [-0.2, -0.15) is 0 Å². The van der Waals surface area contributed by atoms with Gasteiger partial charge in [-0.05, 0) is 25.5 Å². The first kappa shape index (κ1) is 10.5. The van der Waals surface area contributed by atoms with Crippen molar-refractivity contribution in [2.24, 2.45) is 0 Å². The zero-order valence-corrected chi connectivity index (χ0v) is 9.69. The summed E-state index contributed by atoms with van der Waals surface area (Å²) in [5.74, 6) is 0.372. The largest absolute Gasteiger partial charge is 0.368 e. The van der Waals surface area contributed by atoms with E-state index in [4.69, 9.17) is 5.73 Å². The topological polar surface area (TPSA) is 63.8 Å². The normalized spacial score (nSPS) is 19.9. The molecule has 88 valence electrons. The second-order valence-electron chi connectivity index (χ2n) is 4.54. The number of benzene rings is 1. The van der Waals surface area contributed by atoms with Crippen LogP contribution < -0.4 is 11.1 Å². The zero-order chi connectivity index (χ0) is 11.7. The van der Waals surface area contributed by atoms with Crippen LogP contribution in [-0.4, -0.2) is 22.6 Å². The minimum atomic E-state index is 0.372. The van der Waals surface area contributed by atoms with Crippen molar-refractivity contribution in [2.75, 3.05) is 12.3 Å². The van der Waals surface area contributed by atoms with Gasteiger partial charge in [0.1, 0.15) is 0 Å². The van der Waals surface area contributed by atoms with Gasteiger partial charge in [-0.1, -0.05) is 18.2 Å². The summed E-state index contributed by atoms with van der Waals surface area (Å²) in [4.78, 5) is 8.65. The summed E-state index contributed by atoms with van der Waals surface area (Å²) >= 11 is 0. The first-order valence-corrected chi connectivity index (χ1v) is 6.07. The Kier molecular flexibility index (Phi) is 2.65. The predicted molar refractivity (Wildman–Crippen MR) is 68.7 cm³/mol. The molecule has 1 atom stereocenters. The molecule has 1 aromatic carbocycles. The highest BCUT2D eigenvalue weighted by molar-refractivity contribution is 5.81. The van der Waals surface area contributed by atoms with Gasteiger partial charge in [0.05, 0.1) is 11.2 Å². The number of hydrogen-bond donors (Lipinski definition) is 2. The predicted octanol–water partition coefficient (Wildman–Crippen LogP) is 1.51. The fourth-order valence-corrected chi connectivity index (χ4v) is 2.48. The van der Waals surface area contributed by atoms with Crippen molar-refractivity contribution < 1.29 is 0 Å². The van der Waals surface area contributed by atoms with Gasteiger partial charge in [0, 0.05) is 17.8 Å². The summed E-state index contributed by atoms with van der Waals surface area (Å²) in [6.07, 6.45) is 3.41. The van der Waals surface area contributed by atoms with Gasteiger partial charge in [-0.3, -0.25) is 0 Å². The molecule has 3 rings (SSSR count). The maximum atomic E-state index is 5.76. The highest BCUT2D eigenvalue weighted by Crippen LogP contribution is 2.19. The quantitative estimate of drug-likeness (QED) is 0.817. The molecule has 1 saturated heterocycles. The second kappa shape index (κ2) is 4.30. The fourth-order valence-electron chi connectivity index (χ4n) is 2.48. The molecule has 4 nitrogen and oxygen atoms in total. The molecule has 1 aliphatic rings. The number of hydrogen-bond acceptors (Lipinski definition) is 4. The molecule has 0 bridgehead atoms. The summed E-state index contributed by atoms with van der Waals surface area (Å²) < 4.78 is 0. The van der Waals surface area contributed by atoms with Crippen LogP contribution in [0.4, 0.5) is 5.95 Å². The van der Waals surface area contributed by atoms with Gasteiger partial charge in [-0.25, -0.2) is 9.97 Å². The van der Waals surface area contributed by atoms with E-state index < -0.39 is 0 Å². The van der Waals surface area contributed by atoms with Crippen molar-refractivity contribution in [3.05, 3.63) is 30.0 Å². The molecule has 1 unspecified atom stereocenters. The number of nitrogens with zero attached hydrogens (tertiary/aromatic N) is 2. The van der Waals surface area contributed by atoms with E-state index in [1.807, 2.05) is 18.2 Å². The van der Waals surface area contributed by atoms with Crippen molar-refractivity contribution in [1.29, 1.82) is 0 Å². The molecular formula is C13H16N4. The smallest absolute Gasteiger partial charge is 0.220 e. The van der Waals surface area contributed by atoms with Crippen molar-refractivity contribution in [3.8, 4) is 0 Å². The molecule has 4 heteroatoms. The molecule has 17 heavy (non-hydrogen) atoms. The Morgan fingerprint density at radius 2 is 2.18 bits per heavy atom. The highest BCUT2D eigenvalue weighted by Gasteiger charge is 2.17. The Bertz CT molecular complexity index is 532. The number of fused-ring (bicyclic) bond motifs is 1. The van der Waals surface area contributed by atoms with Crippen LogP contribution >= 0.6 is 0 Å². The third-order valence-corrected chi connectivity index (χ3v) is 3.30. The Hall–Kier alpha value is -1.68. The molecule has 0 saturated carbocycles. The van der Waals surface area contributed by atoms with Crippen LogP contribution in [0, 0.1) is 0 Å². The first-order valence-electron chi connectivity index (χ1n) is 6.07. The average Bonchev–Trinajstić information content (AvgIpc) is 2.81. The molecule has 2 heterocycles. The summed E-state index contributed by atoms with van der Waals surface area (Å²) in [6, 6.07) is 8.59. The van der Waals surface area contributed by atoms with Gasteiger partial charge in [0.15, 0.2) is 0 Å². The van der Waals surface area contributed by atoms with Gasteiger partial charge in [0.2, 0.25) is 5.95 Å². The van der Waals surface area contributed by atoms with E-state index in [1.54, 1.807) is 0 Å². The van der Waals surface area contributed by atoms with Crippen molar-refractivity contribution in [2.45, 2.75) is 25.3 Å². The van der Waals surface area contributed by atoms with Crippen LogP contribution in [0.2, 0.25) is 0 Å². The summed E-state index contributed by atoms with van der Waals surface area (Å²) in [7, 11) is 0. The van der Waals surface area contributed by atoms with E-state index in [0.717, 1.165) is 29.6 Å². The lowest BCUT2D eigenvalue weighted by atomic mass is 10.1. The van der Waals surface area contributed by atoms with Gasteiger partial charge in [0.25, 0.3) is 0 Å².